The smallest absolute Gasteiger partial charge is 0.276 e. The second-order valence-corrected chi connectivity index (χ2v) is 7.26. The number of fused-ring (bicyclic) bond motifs is 1. The number of nitrogens with zero attached hydrogens (tertiary/aromatic N) is 2. The van der Waals surface area contributed by atoms with Crippen molar-refractivity contribution >= 4 is 34.8 Å². The monoisotopic (exact) mass is 401 g/mol. The highest BCUT2D eigenvalue weighted by atomic mass is 35.5. The average molecular weight is 402 g/mol. The van der Waals surface area contributed by atoms with E-state index in [9.17, 15) is 4.79 Å². The second-order valence-electron chi connectivity index (χ2n) is 6.42. The largest absolute Gasteiger partial charge is 0.365 e. The summed E-state index contributed by atoms with van der Waals surface area (Å²) < 4.78 is 7.75. The molecule has 5 nitrogen and oxygen atoms in total. The highest BCUT2D eigenvalue weighted by Crippen LogP contribution is 2.28. The number of carbonyl (C=O) groups is 1. The number of ether oxygens (including phenoxy) is 1. The Morgan fingerprint density at radius 2 is 2.00 bits per heavy atom. The van der Waals surface area contributed by atoms with Gasteiger partial charge in [-0.3, -0.25) is 9.48 Å². The van der Waals surface area contributed by atoms with Crippen LogP contribution < -0.4 is 5.32 Å². The first-order valence-corrected chi connectivity index (χ1v) is 9.27. The van der Waals surface area contributed by atoms with Crippen LogP contribution in [0.2, 0.25) is 10.0 Å². The normalized spacial score (nSPS) is 16.0. The van der Waals surface area contributed by atoms with Gasteiger partial charge in [0.05, 0.1) is 18.8 Å². The molecule has 0 spiro atoms. The van der Waals surface area contributed by atoms with Gasteiger partial charge in [-0.15, -0.1) is 0 Å². The van der Waals surface area contributed by atoms with Crippen LogP contribution in [0.4, 0.5) is 5.69 Å². The molecule has 1 N–H and O–H groups in total. The van der Waals surface area contributed by atoms with E-state index in [4.69, 9.17) is 27.9 Å². The third-order valence-corrected chi connectivity index (χ3v) is 5.29. The minimum atomic E-state index is -0.273. The summed E-state index contributed by atoms with van der Waals surface area (Å²) in [5.41, 5.74) is 3.75. The van der Waals surface area contributed by atoms with Crippen LogP contribution in [0.5, 0.6) is 0 Å². The number of anilines is 1. The number of hydrogen-bond donors (Lipinski definition) is 1. The van der Waals surface area contributed by atoms with Crippen LogP contribution in [0.15, 0.2) is 48.5 Å². The standard InChI is InChI=1S/C20H17Cl2N3O2/c1-12-16(22)3-2-4-17(12)23-20(26)18-9-15-11-27-19(10-25(15)24-18)13-5-7-14(21)8-6-13/h2-9,19H,10-11H2,1H3,(H,23,26)/t19-/m0/s1. The van der Waals surface area contributed by atoms with E-state index in [2.05, 4.69) is 10.4 Å². The number of halogens is 2. The van der Waals surface area contributed by atoms with Gasteiger partial charge in [0.2, 0.25) is 0 Å². The molecule has 138 valence electrons. The Bertz CT molecular complexity index is 999. The molecule has 0 radical (unpaired) electrons. The lowest BCUT2D eigenvalue weighted by atomic mass is 10.1. The summed E-state index contributed by atoms with van der Waals surface area (Å²) in [5.74, 6) is -0.273. The highest BCUT2D eigenvalue weighted by molar-refractivity contribution is 6.31. The van der Waals surface area contributed by atoms with Gasteiger partial charge >= 0.3 is 0 Å². The molecule has 1 aliphatic heterocycles. The maximum Gasteiger partial charge on any atom is 0.276 e. The summed E-state index contributed by atoms with van der Waals surface area (Å²) in [6, 6.07) is 14.7. The number of carbonyl (C=O) groups excluding carboxylic acids is 1. The third kappa shape index (κ3) is 3.72. The molecule has 3 aromatic rings. The first kappa shape index (κ1) is 18.0. The molecule has 1 atom stereocenters. The SMILES string of the molecule is Cc1c(Cl)cccc1NC(=O)c1cc2n(n1)C[C@@H](c1ccc(Cl)cc1)OC2. The molecule has 7 heteroatoms. The molecule has 2 heterocycles. The summed E-state index contributed by atoms with van der Waals surface area (Å²) in [5, 5.41) is 8.62. The van der Waals surface area contributed by atoms with Crippen molar-refractivity contribution < 1.29 is 9.53 Å². The molecule has 0 bridgehead atoms. The lowest BCUT2D eigenvalue weighted by Gasteiger charge is -2.24. The van der Waals surface area contributed by atoms with Crippen LogP contribution in [-0.4, -0.2) is 15.7 Å². The molecule has 1 aliphatic rings. The predicted molar refractivity (Wildman–Crippen MR) is 105 cm³/mol. The molecule has 27 heavy (non-hydrogen) atoms. The Labute approximate surface area is 166 Å². The molecule has 0 aliphatic carbocycles. The quantitative estimate of drug-likeness (QED) is 0.669. The van der Waals surface area contributed by atoms with E-state index < -0.39 is 0 Å². The van der Waals surface area contributed by atoms with Gasteiger partial charge in [0, 0.05) is 15.7 Å². The van der Waals surface area contributed by atoms with Crippen LogP contribution in [0.25, 0.3) is 0 Å². The predicted octanol–water partition coefficient (Wildman–Crippen LogP) is 5.02. The van der Waals surface area contributed by atoms with E-state index in [1.54, 1.807) is 18.2 Å². The van der Waals surface area contributed by atoms with Gasteiger partial charge < -0.3 is 10.1 Å². The fourth-order valence-electron chi connectivity index (χ4n) is 3.04. The van der Waals surface area contributed by atoms with Gasteiger partial charge in [-0.05, 0) is 48.4 Å². The number of hydrogen-bond acceptors (Lipinski definition) is 3. The minimum Gasteiger partial charge on any atom is -0.365 e. The van der Waals surface area contributed by atoms with Gasteiger partial charge in [0.1, 0.15) is 6.10 Å². The molecule has 0 saturated carbocycles. The minimum absolute atomic E-state index is 0.124. The molecule has 0 unspecified atom stereocenters. The Morgan fingerprint density at radius 1 is 1.22 bits per heavy atom. The fourth-order valence-corrected chi connectivity index (χ4v) is 3.35. The topological polar surface area (TPSA) is 56.2 Å². The zero-order valence-electron chi connectivity index (χ0n) is 14.6. The van der Waals surface area contributed by atoms with E-state index >= 15 is 0 Å². The molecule has 1 aromatic heterocycles. The van der Waals surface area contributed by atoms with E-state index in [0.29, 0.717) is 34.6 Å². The van der Waals surface area contributed by atoms with Crippen molar-refractivity contribution in [2.75, 3.05) is 5.32 Å². The zero-order chi connectivity index (χ0) is 19.0. The summed E-state index contributed by atoms with van der Waals surface area (Å²) in [4.78, 5) is 12.6. The number of rotatable bonds is 3. The van der Waals surface area contributed by atoms with Crippen LogP contribution in [0.3, 0.4) is 0 Å². The van der Waals surface area contributed by atoms with Crippen LogP contribution >= 0.6 is 23.2 Å². The molecule has 0 saturated heterocycles. The maximum atomic E-state index is 12.6. The van der Waals surface area contributed by atoms with E-state index in [-0.39, 0.29) is 12.0 Å². The fraction of sp³-hybridized carbons (Fsp3) is 0.200. The van der Waals surface area contributed by atoms with Crippen molar-refractivity contribution in [3.05, 3.63) is 81.1 Å². The number of aromatic nitrogens is 2. The first-order chi connectivity index (χ1) is 13.0. The van der Waals surface area contributed by atoms with Crippen molar-refractivity contribution in [1.29, 1.82) is 0 Å². The van der Waals surface area contributed by atoms with E-state index in [0.717, 1.165) is 16.8 Å². The van der Waals surface area contributed by atoms with Gasteiger partial charge in [0.15, 0.2) is 5.69 Å². The molecular formula is C20H17Cl2N3O2. The Kier molecular flexibility index (Phi) is 4.91. The molecule has 0 fully saturated rings. The van der Waals surface area contributed by atoms with Crippen molar-refractivity contribution in [3.63, 3.8) is 0 Å². The van der Waals surface area contributed by atoms with Gasteiger partial charge in [-0.2, -0.15) is 5.10 Å². The first-order valence-electron chi connectivity index (χ1n) is 8.51. The average Bonchev–Trinajstić information content (AvgIpc) is 3.09. The van der Waals surface area contributed by atoms with Gasteiger partial charge in [0.25, 0.3) is 5.91 Å². The molecule has 1 amide bonds. The van der Waals surface area contributed by atoms with E-state index in [1.165, 1.54) is 0 Å². The second kappa shape index (κ2) is 7.35. The molecule has 2 aromatic carbocycles. The maximum absolute atomic E-state index is 12.6. The van der Waals surface area contributed by atoms with Crippen molar-refractivity contribution in [2.24, 2.45) is 0 Å². The van der Waals surface area contributed by atoms with Crippen LogP contribution in [-0.2, 0) is 17.9 Å². The Morgan fingerprint density at radius 3 is 2.78 bits per heavy atom. The van der Waals surface area contributed by atoms with Gasteiger partial charge in [-0.25, -0.2) is 0 Å². The summed E-state index contributed by atoms with van der Waals surface area (Å²) in [6.07, 6.45) is -0.124. The van der Waals surface area contributed by atoms with Crippen molar-refractivity contribution in [2.45, 2.75) is 26.2 Å². The molecular weight excluding hydrogens is 385 g/mol. The number of benzene rings is 2. The summed E-state index contributed by atoms with van der Waals surface area (Å²) in [7, 11) is 0. The van der Waals surface area contributed by atoms with Crippen molar-refractivity contribution in [1.82, 2.24) is 9.78 Å². The molecule has 4 rings (SSSR count). The lowest BCUT2D eigenvalue weighted by Crippen LogP contribution is -2.22. The van der Waals surface area contributed by atoms with Crippen LogP contribution in [0.1, 0.15) is 33.4 Å². The van der Waals surface area contributed by atoms with Gasteiger partial charge in [-0.1, -0.05) is 41.4 Å². The Balaban J connectivity index is 1.52. The summed E-state index contributed by atoms with van der Waals surface area (Å²) in [6.45, 7) is 2.80. The summed E-state index contributed by atoms with van der Waals surface area (Å²) >= 11 is 12.1. The zero-order valence-corrected chi connectivity index (χ0v) is 16.1. The van der Waals surface area contributed by atoms with Crippen molar-refractivity contribution in [3.8, 4) is 0 Å². The lowest BCUT2D eigenvalue weighted by molar-refractivity contribution is -0.00118. The van der Waals surface area contributed by atoms with E-state index in [1.807, 2.05) is 41.9 Å². The number of nitrogens with one attached hydrogen (secondary N) is 1. The third-order valence-electron chi connectivity index (χ3n) is 4.62. The number of amides is 1. The Hall–Kier alpha value is -2.34. The van der Waals surface area contributed by atoms with Crippen LogP contribution in [0, 0.1) is 6.92 Å². The highest BCUT2D eigenvalue weighted by Gasteiger charge is 2.24.